The number of likely N-dealkylation sites (tertiary alicyclic amines) is 1. The van der Waals surface area contributed by atoms with Crippen LogP contribution >= 0.6 is 0 Å². The lowest BCUT2D eigenvalue weighted by Gasteiger charge is -2.33. The van der Waals surface area contributed by atoms with Crippen molar-refractivity contribution in [3.63, 3.8) is 0 Å². The van der Waals surface area contributed by atoms with Gasteiger partial charge in [0.2, 0.25) is 0 Å². The molecule has 0 saturated carbocycles. The number of hydrogen-bond acceptors (Lipinski definition) is 3. The first-order chi connectivity index (χ1) is 10.6. The lowest BCUT2D eigenvalue weighted by atomic mass is 9.80. The second kappa shape index (κ2) is 6.16. The van der Waals surface area contributed by atoms with E-state index in [1.807, 2.05) is 30.0 Å². The van der Waals surface area contributed by atoms with Crippen molar-refractivity contribution in [3.05, 3.63) is 23.8 Å². The fourth-order valence-electron chi connectivity index (χ4n) is 3.58. The van der Waals surface area contributed by atoms with Crippen LogP contribution in [0.4, 0.5) is 10.5 Å². The van der Waals surface area contributed by atoms with Crippen LogP contribution in [0.2, 0.25) is 0 Å². The topological polar surface area (TPSA) is 53.6 Å². The zero-order valence-electron chi connectivity index (χ0n) is 13.4. The Balaban J connectivity index is 1.63. The maximum atomic E-state index is 12.5. The lowest BCUT2D eigenvalue weighted by Crippen LogP contribution is -2.43. The summed E-state index contributed by atoms with van der Waals surface area (Å²) in [6.07, 6.45) is 3.55. The summed E-state index contributed by atoms with van der Waals surface area (Å²) >= 11 is 0. The standard InChI is InChI=1S/C17H25N3O2/c1-13-10-14(22-2)4-5-15(13)19-16(21)20-9-7-17(12-20)6-3-8-18-11-17/h4-5,10,18H,3,6-9,11-12H2,1-2H3,(H,19,21). The summed E-state index contributed by atoms with van der Waals surface area (Å²) in [4.78, 5) is 14.5. The van der Waals surface area contributed by atoms with Crippen LogP contribution in [0.1, 0.15) is 24.8 Å². The van der Waals surface area contributed by atoms with Crippen molar-refractivity contribution in [2.75, 3.05) is 38.6 Å². The molecule has 1 atom stereocenters. The summed E-state index contributed by atoms with van der Waals surface area (Å²) in [7, 11) is 1.65. The van der Waals surface area contributed by atoms with E-state index in [2.05, 4.69) is 10.6 Å². The van der Waals surface area contributed by atoms with Crippen molar-refractivity contribution in [2.45, 2.75) is 26.2 Å². The van der Waals surface area contributed by atoms with Crippen molar-refractivity contribution in [1.82, 2.24) is 10.2 Å². The van der Waals surface area contributed by atoms with Gasteiger partial charge in [0.1, 0.15) is 5.75 Å². The highest BCUT2D eigenvalue weighted by Crippen LogP contribution is 2.36. The maximum Gasteiger partial charge on any atom is 0.321 e. The van der Waals surface area contributed by atoms with Crippen molar-refractivity contribution in [3.8, 4) is 5.75 Å². The molecule has 0 aliphatic carbocycles. The second-order valence-electron chi connectivity index (χ2n) is 6.56. The van der Waals surface area contributed by atoms with Crippen LogP contribution in [-0.2, 0) is 0 Å². The lowest BCUT2D eigenvalue weighted by molar-refractivity contribution is 0.195. The molecular weight excluding hydrogens is 278 g/mol. The molecular formula is C17H25N3O2. The van der Waals surface area contributed by atoms with Gasteiger partial charge in [0.15, 0.2) is 0 Å². The Hall–Kier alpha value is -1.75. The number of urea groups is 1. The second-order valence-corrected chi connectivity index (χ2v) is 6.56. The van der Waals surface area contributed by atoms with Gasteiger partial charge in [-0.2, -0.15) is 0 Å². The zero-order chi connectivity index (χ0) is 15.6. The molecule has 0 radical (unpaired) electrons. The molecule has 2 N–H and O–H groups in total. The van der Waals surface area contributed by atoms with Gasteiger partial charge in [0.25, 0.3) is 0 Å². The first-order valence-electron chi connectivity index (χ1n) is 8.03. The smallest absolute Gasteiger partial charge is 0.321 e. The number of carbonyl (C=O) groups excluding carboxylic acids is 1. The first-order valence-corrected chi connectivity index (χ1v) is 8.03. The number of carbonyl (C=O) groups is 1. The van der Waals surface area contributed by atoms with Crippen LogP contribution < -0.4 is 15.4 Å². The first kappa shape index (κ1) is 15.2. The molecule has 0 bridgehead atoms. The third-order valence-electron chi connectivity index (χ3n) is 4.96. The van der Waals surface area contributed by atoms with Crippen molar-refractivity contribution >= 4 is 11.7 Å². The number of aryl methyl sites for hydroxylation is 1. The summed E-state index contributed by atoms with van der Waals surface area (Å²) in [6.45, 7) is 5.84. The summed E-state index contributed by atoms with van der Waals surface area (Å²) < 4.78 is 5.20. The van der Waals surface area contributed by atoms with E-state index in [4.69, 9.17) is 4.74 Å². The number of methoxy groups -OCH3 is 1. The molecule has 2 heterocycles. The van der Waals surface area contributed by atoms with E-state index in [9.17, 15) is 4.79 Å². The maximum absolute atomic E-state index is 12.5. The van der Waals surface area contributed by atoms with E-state index in [1.165, 1.54) is 12.8 Å². The van der Waals surface area contributed by atoms with Crippen LogP contribution in [0.15, 0.2) is 18.2 Å². The fourth-order valence-corrected chi connectivity index (χ4v) is 3.58. The highest BCUT2D eigenvalue weighted by atomic mass is 16.5. The Morgan fingerprint density at radius 3 is 2.95 bits per heavy atom. The van der Waals surface area contributed by atoms with Crippen LogP contribution in [0, 0.1) is 12.3 Å². The number of anilines is 1. The number of rotatable bonds is 2. The van der Waals surface area contributed by atoms with Gasteiger partial charge >= 0.3 is 6.03 Å². The van der Waals surface area contributed by atoms with Crippen molar-refractivity contribution in [1.29, 1.82) is 0 Å². The SMILES string of the molecule is COc1ccc(NC(=O)N2CCC3(CCCNC3)C2)c(C)c1. The molecule has 2 amide bonds. The molecule has 2 saturated heterocycles. The number of piperidine rings is 1. The molecule has 0 aromatic heterocycles. The average Bonchev–Trinajstić information content (AvgIpc) is 2.93. The molecule has 1 unspecified atom stereocenters. The summed E-state index contributed by atoms with van der Waals surface area (Å²) in [5, 5.41) is 6.51. The Labute approximate surface area is 132 Å². The summed E-state index contributed by atoms with van der Waals surface area (Å²) in [5.74, 6) is 0.809. The van der Waals surface area contributed by atoms with Crippen molar-refractivity contribution < 1.29 is 9.53 Å². The molecule has 2 fully saturated rings. The van der Waals surface area contributed by atoms with Gasteiger partial charge in [-0.3, -0.25) is 0 Å². The van der Waals surface area contributed by atoms with Crippen molar-refractivity contribution in [2.24, 2.45) is 5.41 Å². The molecule has 1 aromatic rings. The molecule has 2 aliphatic heterocycles. The third-order valence-corrected chi connectivity index (χ3v) is 4.96. The number of nitrogens with zero attached hydrogens (tertiary/aromatic N) is 1. The van der Waals surface area contributed by atoms with E-state index < -0.39 is 0 Å². The molecule has 1 aromatic carbocycles. The number of ether oxygens (including phenoxy) is 1. The summed E-state index contributed by atoms with van der Waals surface area (Å²) in [6, 6.07) is 5.72. The summed E-state index contributed by atoms with van der Waals surface area (Å²) in [5.41, 5.74) is 2.17. The highest BCUT2D eigenvalue weighted by Gasteiger charge is 2.40. The number of amides is 2. The molecule has 22 heavy (non-hydrogen) atoms. The van der Waals surface area contributed by atoms with E-state index in [1.54, 1.807) is 7.11 Å². The van der Waals surface area contributed by atoms with E-state index >= 15 is 0 Å². The van der Waals surface area contributed by atoms with Crippen LogP contribution in [-0.4, -0.2) is 44.2 Å². The monoisotopic (exact) mass is 303 g/mol. The van der Waals surface area contributed by atoms with E-state index in [0.717, 1.165) is 49.6 Å². The fraction of sp³-hybridized carbons (Fsp3) is 0.588. The third kappa shape index (κ3) is 3.04. The number of hydrogen-bond donors (Lipinski definition) is 2. The van der Waals surface area contributed by atoms with E-state index in [0.29, 0.717) is 5.41 Å². The Bertz CT molecular complexity index is 553. The largest absolute Gasteiger partial charge is 0.497 e. The Morgan fingerprint density at radius 2 is 2.27 bits per heavy atom. The van der Waals surface area contributed by atoms with Gasteiger partial charge in [-0.15, -0.1) is 0 Å². The van der Waals surface area contributed by atoms with Gasteiger partial charge in [0.05, 0.1) is 7.11 Å². The quantitative estimate of drug-likeness (QED) is 0.883. The molecule has 3 rings (SSSR count). The molecule has 120 valence electrons. The minimum absolute atomic E-state index is 0.00992. The molecule has 2 aliphatic rings. The number of benzene rings is 1. The van der Waals surface area contributed by atoms with E-state index in [-0.39, 0.29) is 6.03 Å². The number of nitrogens with one attached hydrogen (secondary N) is 2. The highest BCUT2D eigenvalue weighted by molar-refractivity contribution is 5.90. The average molecular weight is 303 g/mol. The van der Waals surface area contributed by atoms with Crippen LogP contribution in [0.25, 0.3) is 0 Å². The molecule has 5 heteroatoms. The van der Waals surface area contributed by atoms with Gasteiger partial charge in [0, 0.05) is 30.7 Å². The van der Waals surface area contributed by atoms with Crippen LogP contribution in [0.3, 0.4) is 0 Å². The van der Waals surface area contributed by atoms with Gasteiger partial charge < -0.3 is 20.3 Å². The van der Waals surface area contributed by atoms with Gasteiger partial charge in [-0.25, -0.2) is 4.79 Å². The van der Waals surface area contributed by atoms with Gasteiger partial charge in [-0.1, -0.05) is 0 Å². The predicted octanol–water partition coefficient (Wildman–Crippen LogP) is 2.61. The molecule has 5 nitrogen and oxygen atoms in total. The minimum atomic E-state index is 0.00992. The normalized spacial score (nSPS) is 24.5. The Kier molecular flexibility index (Phi) is 4.25. The zero-order valence-corrected chi connectivity index (χ0v) is 13.4. The predicted molar refractivity (Wildman–Crippen MR) is 87.5 cm³/mol. The van der Waals surface area contributed by atoms with Gasteiger partial charge in [-0.05, 0) is 56.5 Å². The molecule has 1 spiro atoms. The Morgan fingerprint density at radius 1 is 1.41 bits per heavy atom. The van der Waals surface area contributed by atoms with Crippen LogP contribution in [0.5, 0.6) is 5.75 Å². The minimum Gasteiger partial charge on any atom is -0.497 e.